The number of rotatable bonds is 3. The summed E-state index contributed by atoms with van der Waals surface area (Å²) in [4.78, 5) is 11.9. The number of carbonyl (C=O) groups is 1. The van der Waals surface area contributed by atoms with Crippen LogP contribution in [0.4, 0.5) is 5.69 Å². The Morgan fingerprint density at radius 1 is 1.31 bits per heavy atom. The number of anilines is 1. The SMILES string of the molecule is CC(C)(C)CCC(=O)c1cc(N)cc(Cl)c1. The Labute approximate surface area is 102 Å². The van der Waals surface area contributed by atoms with E-state index < -0.39 is 0 Å². The van der Waals surface area contributed by atoms with E-state index in [1.807, 2.05) is 0 Å². The fraction of sp³-hybridized carbons (Fsp3) is 0.462. The van der Waals surface area contributed by atoms with Gasteiger partial charge in [0.15, 0.2) is 5.78 Å². The summed E-state index contributed by atoms with van der Waals surface area (Å²) < 4.78 is 0. The highest BCUT2D eigenvalue weighted by molar-refractivity contribution is 6.31. The quantitative estimate of drug-likeness (QED) is 0.642. The molecule has 0 aliphatic rings. The Balaban J connectivity index is 2.73. The molecule has 2 nitrogen and oxygen atoms in total. The van der Waals surface area contributed by atoms with E-state index in [9.17, 15) is 4.79 Å². The standard InChI is InChI=1S/C13H18ClNO/c1-13(2,3)5-4-12(16)9-6-10(14)8-11(15)7-9/h6-8H,4-5,15H2,1-3H3. The van der Waals surface area contributed by atoms with Crippen LogP contribution >= 0.6 is 11.6 Å². The first kappa shape index (κ1) is 13.0. The van der Waals surface area contributed by atoms with Crippen LogP contribution in [0, 0.1) is 5.41 Å². The molecule has 0 spiro atoms. The third kappa shape index (κ3) is 4.23. The molecule has 0 atom stereocenters. The van der Waals surface area contributed by atoms with Gasteiger partial charge in [-0.15, -0.1) is 0 Å². The second-order valence-corrected chi connectivity index (χ2v) is 5.69. The molecule has 0 aliphatic carbocycles. The average molecular weight is 240 g/mol. The Morgan fingerprint density at radius 3 is 2.44 bits per heavy atom. The van der Waals surface area contributed by atoms with Gasteiger partial charge in [-0.05, 0) is 30.0 Å². The zero-order valence-electron chi connectivity index (χ0n) is 10.0. The van der Waals surface area contributed by atoms with E-state index >= 15 is 0 Å². The number of hydrogen-bond acceptors (Lipinski definition) is 2. The lowest BCUT2D eigenvalue weighted by molar-refractivity contribution is 0.0966. The van der Waals surface area contributed by atoms with E-state index in [2.05, 4.69) is 20.8 Å². The molecule has 0 radical (unpaired) electrons. The van der Waals surface area contributed by atoms with E-state index in [1.165, 1.54) is 0 Å². The largest absolute Gasteiger partial charge is 0.399 e. The van der Waals surface area contributed by atoms with Gasteiger partial charge in [0.2, 0.25) is 0 Å². The Bertz CT molecular complexity index is 373. The maximum absolute atomic E-state index is 11.9. The van der Waals surface area contributed by atoms with Crippen molar-refractivity contribution in [2.75, 3.05) is 5.73 Å². The molecule has 0 aliphatic heterocycles. The van der Waals surface area contributed by atoms with Crippen LogP contribution in [0.2, 0.25) is 5.02 Å². The number of halogens is 1. The molecule has 16 heavy (non-hydrogen) atoms. The van der Waals surface area contributed by atoms with E-state index in [0.29, 0.717) is 22.7 Å². The molecule has 1 aromatic rings. The fourth-order valence-corrected chi connectivity index (χ4v) is 1.65. The topological polar surface area (TPSA) is 43.1 Å². The Morgan fingerprint density at radius 2 is 1.94 bits per heavy atom. The highest BCUT2D eigenvalue weighted by Crippen LogP contribution is 2.23. The molecule has 1 rings (SSSR count). The van der Waals surface area contributed by atoms with Crippen molar-refractivity contribution < 1.29 is 4.79 Å². The van der Waals surface area contributed by atoms with Crippen LogP contribution in [0.25, 0.3) is 0 Å². The minimum Gasteiger partial charge on any atom is -0.399 e. The normalized spacial score (nSPS) is 11.5. The number of ketones is 1. The van der Waals surface area contributed by atoms with Crippen LogP contribution < -0.4 is 5.73 Å². The van der Waals surface area contributed by atoms with Gasteiger partial charge in [-0.2, -0.15) is 0 Å². The summed E-state index contributed by atoms with van der Waals surface area (Å²) in [6.45, 7) is 6.35. The first-order chi connectivity index (χ1) is 7.28. The van der Waals surface area contributed by atoms with Gasteiger partial charge in [-0.25, -0.2) is 0 Å². The van der Waals surface area contributed by atoms with Crippen molar-refractivity contribution >= 4 is 23.1 Å². The van der Waals surface area contributed by atoms with Crippen molar-refractivity contribution in [2.45, 2.75) is 33.6 Å². The van der Waals surface area contributed by atoms with E-state index in [-0.39, 0.29) is 11.2 Å². The van der Waals surface area contributed by atoms with E-state index in [0.717, 1.165) is 6.42 Å². The molecule has 0 saturated carbocycles. The molecular weight excluding hydrogens is 222 g/mol. The number of nitrogens with two attached hydrogens (primary N) is 1. The van der Waals surface area contributed by atoms with Crippen molar-refractivity contribution in [1.29, 1.82) is 0 Å². The van der Waals surface area contributed by atoms with Crippen molar-refractivity contribution in [3.63, 3.8) is 0 Å². The number of carbonyl (C=O) groups excluding carboxylic acids is 1. The van der Waals surface area contributed by atoms with Crippen LogP contribution in [-0.2, 0) is 0 Å². The molecule has 0 fully saturated rings. The second kappa shape index (κ2) is 4.88. The summed E-state index contributed by atoms with van der Waals surface area (Å²) in [6, 6.07) is 4.99. The van der Waals surface area contributed by atoms with Crippen LogP contribution in [0.1, 0.15) is 44.0 Å². The lowest BCUT2D eigenvalue weighted by Gasteiger charge is -2.17. The smallest absolute Gasteiger partial charge is 0.163 e. The third-order valence-corrected chi connectivity index (χ3v) is 2.56. The second-order valence-electron chi connectivity index (χ2n) is 5.26. The fourth-order valence-electron chi connectivity index (χ4n) is 1.41. The van der Waals surface area contributed by atoms with Gasteiger partial charge in [-0.1, -0.05) is 32.4 Å². The summed E-state index contributed by atoms with van der Waals surface area (Å²) in [5.41, 5.74) is 6.95. The van der Waals surface area contributed by atoms with Crippen molar-refractivity contribution in [1.82, 2.24) is 0 Å². The molecule has 0 amide bonds. The van der Waals surface area contributed by atoms with Gasteiger partial charge in [0.05, 0.1) is 0 Å². The third-order valence-electron chi connectivity index (χ3n) is 2.34. The van der Waals surface area contributed by atoms with Gasteiger partial charge in [0.25, 0.3) is 0 Å². The zero-order chi connectivity index (χ0) is 12.3. The summed E-state index contributed by atoms with van der Waals surface area (Å²) in [5.74, 6) is 0.101. The zero-order valence-corrected chi connectivity index (χ0v) is 10.8. The molecule has 0 bridgehead atoms. The lowest BCUT2D eigenvalue weighted by Crippen LogP contribution is -2.09. The van der Waals surface area contributed by atoms with Gasteiger partial charge in [0, 0.05) is 22.7 Å². The number of Topliss-reactive ketones (excluding diaryl/α,β-unsaturated/α-hetero) is 1. The van der Waals surface area contributed by atoms with Crippen LogP contribution in [0.5, 0.6) is 0 Å². The summed E-state index contributed by atoms with van der Waals surface area (Å²) in [6.07, 6.45) is 1.39. The Kier molecular flexibility index (Phi) is 3.98. The highest BCUT2D eigenvalue weighted by Gasteiger charge is 2.14. The maximum atomic E-state index is 11.9. The first-order valence-corrected chi connectivity index (χ1v) is 5.75. The van der Waals surface area contributed by atoms with Gasteiger partial charge >= 0.3 is 0 Å². The molecule has 0 aromatic heterocycles. The number of nitrogen functional groups attached to an aromatic ring is 1. The van der Waals surface area contributed by atoms with Crippen molar-refractivity contribution in [2.24, 2.45) is 5.41 Å². The molecule has 0 unspecified atom stereocenters. The van der Waals surface area contributed by atoms with Crippen molar-refractivity contribution in [3.8, 4) is 0 Å². The minimum atomic E-state index is 0.101. The minimum absolute atomic E-state index is 0.101. The highest BCUT2D eigenvalue weighted by atomic mass is 35.5. The predicted octanol–water partition coefficient (Wildman–Crippen LogP) is 3.93. The molecule has 2 N–H and O–H groups in total. The molecule has 0 heterocycles. The van der Waals surface area contributed by atoms with Gasteiger partial charge < -0.3 is 5.73 Å². The summed E-state index contributed by atoms with van der Waals surface area (Å²) >= 11 is 5.85. The maximum Gasteiger partial charge on any atom is 0.163 e. The van der Waals surface area contributed by atoms with Crippen LogP contribution in [0.3, 0.4) is 0 Å². The molecule has 3 heteroatoms. The van der Waals surface area contributed by atoms with Gasteiger partial charge in [-0.3, -0.25) is 4.79 Å². The summed E-state index contributed by atoms with van der Waals surface area (Å²) in [7, 11) is 0. The monoisotopic (exact) mass is 239 g/mol. The molecule has 88 valence electrons. The first-order valence-electron chi connectivity index (χ1n) is 5.37. The Hall–Kier alpha value is -1.02. The predicted molar refractivity (Wildman–Crippen MR) is 68.9 cm³/mol. The number of benzene rings is 1. The van der Waals surface area contributed by atoms with Crippen LogP contribution in [0.15, 0.2) is 18.2 Å². The van der Waals surface area contributed by atoms with Crippen molar-refractivity contribution in [3.05, 3.63) is 28.8 Å². The van der Waals surface area contributed by atoms with E-state index in [1.54, 1.807) is 18.2 Å². The average Bonchev–Trinajstić information content (AvgIpc) is 2.11. The molecular formula is C13H18ClNO. The lowest BCUT2D eigenvalue weighted by atomic mass is 9.88. The number of hydrogen-bond donors (Lipinski definition) is 1. The van der Waals surface area contributed by atoms with Gasteiger partial charge in [0.1, 0.15) is 0 Å². The molecule has 1 aromatic carbocycles. The molecule has 0 saturated heterocycles. The summed E-state index contributed by atoms with van der Waals surface area (Å²) in [5, 5.41) is 0.513. The van der Waals surface area contributed by atoms with Crippen LogP contribution in [-0.4, -0.2) is 5.78 Å². The van der Waals surface area contributed by atoms with E-state index in [4.69, 9.17) is 17.3 Å².